The fraction of sp³-hybridized carbons (Fsp3) is 1.00. The zero-order chi connectivity index (χ0) is 9.82. The molecule has 0 aromatic rings. The Hall–Kier alpha value is -0.120. The Kier molecular flexibility index (Phi) is 16.2. The summed E-state index contributed by atoms with van der Waals surface area (Å²) in [6.45, 7) is 0. The van der Waals surface area contributed by atoms with Crippen LogP contribution in [0, 0.1) is 0 Å². The molecule has 0 atom stereocenters. The van der Waals surface area contributed by atoms with Crippen LogP contribution in [0.15, 0.2) is 0 Å². The van der Waals surface area contributed by atoms with Crippen molar-refractivity contribution >= 4 is 0 Å². The minimum atomic E-state index is 1.50. The highest BCUT2D eigenvalue weighted by atomic mass is 17.0. The largest absolute Gasteiger partial charge is 0.312 e. The molecule has 0 aliphatic heterocycles. The summed E-state index contributed by atoms with van der Waals surface area (Å²) < 4.78 is 0. The zero-order valence-electron chi connectivity index (χ0n) is 8.58. The second-order valence-electron chi connectivity index (χ2n) is 3.46. The summed E-state index contributed by atoms with van der Waals surface area (Å²) in [6.07, 6.45) is 9.00. The Morgan fingerprint density at radius 2 is 0.750 bits per heavy atom. The summed E-state index contributed by atoms with van der Waals surface area (Å²) in [4.78, 5) is 2.00. The zero-order valence-corrected chi connectivity index (χ0v) is 8.58. The van der Waals surface area contributed by atoms with Crippen molar-refractivity contribution in [3.05, 3.63) is 0 Å². The summed E-state index contributed by atoms with van der Waals surface area (Å²) in [5.74, 6) is 0. The van der Waals surface area contributed by atoms with Crippen LogP contribution in [-0.2, 0) is 0 Å². The fourth-order valence-electron chi connectivity index (χ4n) is 1.06. The second kappa shape index (κ2) is 13.5. The molecule has 0 aromatic carbocycles. The van der Waals surface area contributed by atoms with E-state index in [2.05, 4.69) is 0 Å². The van der Waals surface area contributed by atoms with Crippen LogP contribution in [0.5, 0.6) is 0 Å². The third-order valence-corrected chi connectivity index (χ3v) is 1.50. The van der Waals surface area contributed by atoms with Gasteiger partial charge >= 0.3 is 0 Å². The van der Waals surface area contributed by atoms with Crippen LogP contribution in [-0.4, -0.2) is 36.6 Å². The first-order valence-corrected chi connectivity index (χ1v) is 4.54. The Labute approximate surface area is 75.9 Å². The first kappa shape index (κ1) is 14.4. The van der Waals surface area contributed by atoms with E-state index >= 15 is 0 Å². The van der Waals surface area contributed by atoms with Gasteiger partial charge in [0.2, 0.25) is 0 Å². The van der Waals surface area contributed by atoms with E-state index in [1.54, 1.807) is 0 Å². The third-order valence-electron chi connectivity index (χ3n) is 1.50. The minimum absolute atomic E-state index is 1.50. The van der Waals surface area contributed by atoms with Crippen LogP contribution in [0.3, 0.4) is 0 Å². The van der Waals surface area contributed by atoms with Crippen LogP contribution in [0.2, 0.25) is 0 Å². The Morgan fingerprint density at radius 3 is 0.833 bits per heavy atom. The highest BCUT2D eigenvalue weighted by molar-refractivity contribution is 4.51. The lowest BCUT2D eigenvalue weighted by molar-refractivity contribution is -0.176. The van der Waals surface area contributed by atoms with Crippen molar-refractivity contribution in [2.24, 2.45) is 0 Å². The van der Waals surface area contributed by atoms with Crippen LogP contribution < -0.4 is 0 Å². The van der Waals surface area contributed by atoms with Gasteiger partial charge in [-0.15, -0.1) is 0 Å². The van der Waals surface area contributed by atoms with Gasteiger partial charge in [0.05, 0.1) is 0 Å². The van der Waals surface area contributed by atoms with Crippen molar-refractivity contribution in [2.45, 2.75) is 38.5 Å². The predicted molar refractivity (Wildman–Crippen MR) is 52.6 cm³/mol. The van der Waals surface area contributed by atoms with E-state index in [-0.39, 0.29) is 0 Å². The highest BCUT2D eigenvalue weighted by Gasteiger charge is 1.95. The van der Waals surface area contributed by atoms with E-state index in [1.165, 1.54) is 38.5 Å². The van der Waals surface area contributed by atoms with Crippen molar-refractivity contribution in [3.63, 3.8) is 0 Å². The first-order chi connectivity index (χ1) is 5.73. The molecule has 12 heavy (non-hydrogen) atoms. The normalized spacial score (nSPS) is 15.5. The van der Waals surface area contributed by atoms with E-state index in [0.717, 1.165) is 0 Å². The Morgan fingerprint density at radius 1 is 0.667 bits per heavy atom. The maximum atomic E-state index is 6.00. The van der Waals surface area contributed by atoms with Crippen molar-refractivity contribution in [1.82, 2.24) is 4.90 Å². The number of nitrogens with zero attached hydrogens (tertiary/aromatic N) is 1. The Bertz CT molecular complexity index is 49.3. The lowest BCUT2D eigenvalue weighted by Gasteiger charge is -2.05. The molecule has 0 heterocycles. The van der Waals surface area contributed by atoms with Gasteiger partial charge in [0.15, 0.2) is 0 Å². The van der Waals surface area contributed by atoms with Crippen molar-refractivity contribution < 1.29 is 10.5 Å². The van der Waals surface area contributed by atoms with Gasteiger partial charge in [-0.1, -0.05) is 38.5 Å². The van der Waals surface area contributed by atoms with E-state index in [0.29, 0.717) is 0 Å². The van der Waals surface area contributed by atoms with Gasteiger partial charge in [-0.05, 0) is 21.1 Å². The maximum Gasteiger partial charge on any atom is -0.0140 e. The van der Waals surface area contributed by atoms with Crippen LogP contribution in [0.1, 0.15) is 38.5 Å². The van der Waals surface area contributed by atoms with Crippen LogP contribution in [0.25, 0.3) is 0 Å². The van der Waals surface area contributed by atoms with Crippen molar-refractivity contribution in [3.8, 4) is 0 Å². The van der Waals surface area contributed by atoms with Gasteiger partial charge < -0.3 is 4.90 Å². The molecule has 2 N–H and O–H groups in total. The van der Waals surface area contributed by atoms with Gasteiger partial charge in [0, 0.05) is 0 Å². The van der Waals surface area contributed by atoms with Crippen LogP contribution in [0.4, 0.5) is 0 Å². The average Bonchev–Trinajstić information content (AvgIpc) is 2.10. The molecule has 1 fully saturated rings. The quantitative estimate of drug-likeness (QED) is 0.441. The van der Waals surface area contributed by atoms with E-state index in [4.69, 9.17) is 10.5 Å². The molecular weight excluding hydrogens is 154 g/mol. The van der Waals surface area contributed by atoms with Gasteiger partial charge in [-0.2, -0.15) is 0 Å². The van der Waals surface area contributed by atoms with Gasteiger partial charge in [0.1, 0.15) is 0 Å². The SMILES string of the molecule is C1CCCCC1.CN(C)C.OO. The summed E-state index contributed by atoms with van der Waals surface area (Å²) >= 11 is 0. The standard InChI is InChI=1S/C6H12.C3H9N.H2O2/c1-2-4-6-5-3-1;1-4(2)3;1-2/h1-6H2;1-3H3;1-2H. The molecule has 0 spiro atoms. The third kappa shape index (κ3) is 22.5. The van der Waals surface area contributed by atoms with E-state index < -0.39 is 0 Å². The molecule has 1 aliphatic rings. The van der Waals surface area contributed by atoms with Gasteiger partial charge in [-0.25, -0.2) is 0 Å². The highest BCUT2D eigenvalue weighted by Crippen LogP contribution is 2.15. The molecule has 0 radical (unpaired) electrons. The molecule has 1 aliphatic carbocycles. The number of rotatable bonds is 0. The smallest absolute Gasteiger partial charge is 0.0140 e. The number of hydrogen-bond acceptors (Lipinski definition) is 3. The monoisotopic (exact) mass is 177 g/mol. The average molecular weight is 177 g/mol. The molecule has 0 saturated heterocycles. The first-order valence-electron chi connectivity index (χ1n) is 4.54. The van der Waals surface area contributed by atoms with Crippen molar-refractivity contribution in [1.29, 1.82) is 0 Å². The molecule has 76 valence electrons. The van der Waals surface area contributed by atoms with E-state index in [1.807, 2.05) is 26.0 Å². The summed E-state index contributed by atoms with van der Waals surface area (Å²) in [6, 6.07) is 0. The molecule has 0 amide bonds. The molecule has 3 heteroatoms. The molecule has 1 saturated carbocycles. The van der Waals surface area contributed by atoms with E-state index in [9.17, 15) is 0 Å². The maximum absolute atomic E-state index is 6.00. The molecule has 3 nitrogen and oxygen atoms in total. The molecular formula is C9H23NO2. The molecule has 0 unspecified atom stereocenters. The molecule has 1 rings (SSSR count). The molecule has 0 bridgehead atoms. The lowest BCUT2D eigenvalue weighted by Crippen LogP contribution is -1.99. The minimum Gasteiger partial charge on any atom is -0.312 e. The van der Waals surface area contributed by atoms with Crippen molar-refractivity contribution in [2.75, 3.05) is 21.1 Å². The van der Waals surface area contributed by atoms with Gasteiger partial charge in [-0.3, -0.25) is 10.5 Å². The molecule has 0 aromatic heterocycles. The topological polar surface area (TPSA) is 43.7 Å². The van der Waals surface area contributed by atoms with Gasteiger partial charge in [0.25, 0.3) is 0 Å². The van der Waals surface area contributed by atoms with Crippen LogP contribution >= 0.6 is 0 Å². The summed E-state index contributed by atoms with van der Waals surface area (Å²) in [5.41, 5.74) is 0. The lowest BCUT2D eigenvalue weighted by atomic mass is 10.0. The summed E-state index contributed by atoms with van der Waals surface area (Å²) in [5, 5.41) is 12.0. The Balaban J connectivity index is 0. The second-order valence-corrected chi connectivity index (χ2v) is 3.46. The predicted octanol–water partition coefficient (Wildman–Crippen LogP) is 2.54. The summed E-state index contributed by atoms with van der Waals surface area (Å²) in [7, 11) is 6.00. The number of hydrogen-bond donors (Lipinski definition) is 2. The fourth-order valence-corrected chi connectivity index (χ4v) is 1.06.